The van der Waals surface area contributed by atoms with Gasteiger partial charge in [-0.25, -0.2) is 0 Å². The van der Waals surface area contributed by atoms with Crippen molar-refractivity contribution in [2.24, 2.45) is 0 Å². The normalized spacial score (nSPS) is 14.5. The molecule has 1 aliphatic rings. The number of fused-ring (bicyclic) bond motifs is 1. The zero-order valence-electron chi connectivity index (χ0n) is 18.1. The van der Waals surface area contributed by atoms with E-state index in [-0.39, 0.29) is 11.9 Å². The molecule has 0 aliphatic carbocycles. The molecule has 4 rings (SSSR count). The Morgan fingerprint density at radius 3 is 2.39 bits per heavy atom. The largest absolute Gasteiger partial charge is 0.486 e. The molecule has 5 heteroatoms. The highest BCUT2D eigenvalue weighted by Gasteiger charge is 2.24. The Morgan fingerprint density at radius 2 is 1.61 bits per heavy atom. The number of amides is 1. The van der Waals surface area contributed by atoms with Crippen LogP contribution >= 0.6 is 0 Å². The monoisotopic (exact) mass is 416 g/mol. The minimum absolute atomic E-state index is 0.0783. The molecule has 2 atom stereocenters. The first kappa shape index (κ1) is 20.9. The summed E-state index contributed by atoms with van der Waals surface area (Å²) < 4.78 is 11.3. The molecule has 1 heterocycles. The standard InChI is InChI=1S/C26H28N2O3/c1-17-9-10-18(2)22(15-17)28-26(29)25(20-7-5-4-6-8-20)27-19(3)21-11-12-23-24(16-21)31-14-13-30-23/h4-12,15-16,19,25,27H,13-14H2,1-3H3,(H,28,29)/t19-,25+/m1/s1. The third-order valence-corrected chi connectivity index (χ3v) is 5.53. The highest BCUT2D eigenvalue weighted by Crippen LogP contribution is 2.33. The van der Waals surface area contributed by atoms with E-state index in [1.54, 1.807) is 0 Å². The Bertz CT molecular complexity index is 1070. The predicted octanol–water partition coefficient (Wildman–Crippen LogP) is 5.11. The quantitative estimate of drug-likeness (QED) is 0.587. The van der Waals surface area contributed by atoms with Gasteiger partial charge in [-0.3, -0.25) is 10.1 Å². The van der Waals surface area contributed by atoms with Crippen LogP contribution in [0.1, 0.15) is 41.3 Å². The number of carbonyl (C=O) groups is 1. The molecule has 3 aromatic rings. The molecule has 0 unspecified atom stereocenters. The maximum absolute atomic E-state index is 13.4. The number of rotatable bonds is 6. The van der Waals surface area contributed by atoms with Gasteiger partial charge in [-0.1, -0.05) is 48.5 Å². The van der Waals surface area contributed by atoms with Gasteiger partial charge in [0.15, 0.2) is 11.5 Å². The van der Waals surface area contributed by atoms with Crippen molar-refractivity contribution < 1.29 is 14.3 Å². The predicted molar refractivity (Wildman–Crippen MR) is 123 cm³/mol. The van der Waals surface area contributed by atoms with Gasteiger partial charge in [0.2, 0.25) is 5.91 Å². The average Bonchev–Trinajstić information content (AvgIpc) is 2.80. The Balaban J connectivity index is 1.58. The molecule has 0 saturated heterocycles. The fraction of sp³-hybridized carbons (Fsp3) is 0.269. The van der Waals surface area contributed by atoms with Crippen molar-refractivity contribution in [3.63, 3.8) is 0 Å². The highest BCUT2D eigenvalue weighted by atomic mass is 16.6. The summed E-state index contributed by atoms with van der Waals surface area (Å²) in [6.07, 6.45) is 0. The fourth-order valence-corrected chi connectivity index (χ4v) is 3.72. The Kier molecular flexibility index (Phi) is 6.23. The van der Waals surface area contributed by atoms with Crippen molar-refractivity contribution in [2.75, 3.05) is 18.5 Å². The van der Waals surface area contributed by atoms with Crippen LogP contribution in [0.2, 0.25) is 0 Å². The van der Waals surface area contributed by atoms with Crippen molar-refractivity contribution in [1.82, 2.24) is 5.32 Å². The van der Waals surface area contributed by atoms with Crippen molar-refractivity contribution in [3.8, 4) is 11.5 Å². The third kappa shape index (κ3) is 4.89. The second-order valence-electron chi connectivity index (χ2n) is 7.94. The van der Waals surface area contributed by atoms with Crippen LogP contribution in [0.15, 0.2) is 66.7 Å². The summed E-state index contributed by atoms with van der Waals surface area (Å²) in [5, 5.41) is 6.61. The summed E-state index contributed by atoms with van der Waals surface area (Å²) in [5.74, 6) is 1.41. The van der Waals surface area contributed by atoms with E-state index in [4.69, 9.17) is 9.47 Å². The molecule has 1 aliphatic heterocycles. The average molecular weight is 417 g/mol. The lowest BCUT2D eigenvalue weighted by Gasteiger charge is -2.25. The van der Waals surface area contributed by atoms with Crippen LogP contribution in [-0.4, -0.2) is 19.1 Å². The Hall–Kier alpha value is -3.31. The third-order valence-electron chi connectivity index (χ3n) is 5.53. The minimum Gasteiger partial charge on any atom is -0.486 e. The summed E-state index contributed by atoms with van der Waals surface area (Å²) in [6, 6.07) is 21.2. The van der Waals surface area contributed by atoms with E-state index < -0.39 is 6.04 Å². The minimum atomic E-state index is -0.510. The lowest BCUT2D eigenvalue weighted by molar-refractivity contribution is -0.118. The molecular formula is C26H28N2O3. The smallest absolute Gasteiger partial charge is 0.246 e. The summed E-state index contributed by atoms with van der Waals surface area (Å²) in [4.78, 5) is 13.4. The number of carbonyl (C=O) groups excluding carboxylic acids is 1. The number of hydrogen-bond acceptors (Lipinski definition) is 4. The van der Waals surface area contributed by atoms with E-state index in [1.807, 2.05) is 87.5 Å². The summed E-state index contributed by atoms with van der Waals surface area (Å²) in [5.41, 5.74) is 4.92. The molecule has 1 amide bonds. The van der Waals surface area contributed by atoms with Gasteiger partial charge in [0.05, 0.1) is 0 Å². The van der Waals surface area contributed by atoms with Crippen LogP contribution in [0.4, 0.5) is 5.69 Å². The molecular weight excluding hydrogens is 388 g/mol. The molecule has 2 N–H and O–H groups in total. The molecule has 0 saturated carbocycles. The van der Waals surface area contributed by atoms with E-state index in [0.717, 1.165) is 39.4 Å². The second kappa shape index (κ2) is 9.23. The van der Waals surface area contributed by atoms with Crippen LogP contribution in [0.5, 0.6) is 11.5 Å². The zero-order valence-corrected chi connectivity index (χ0v) is 18.1. The van der Waals surface area contributed by atoms with Crippen molar-refractivity contribution in [3.05, 3.63) is 89.0 Å². The SMILES string of the molecule is Cc1ccc(C)c(NC(=O)[C@@H](N[C@H](C)c2ccc3c(c2)OCCO3)c2ccccc2)c1. The van der Waals surface area contributed by atoms with Crippen LogP contribution in [0.3, 0.4) is 0 Å². The van der Waals surface area contributed by atoms with Crippen molar-refractivity contribution in [2.45, 2.75) is 32.9 Å². The van der Waals surface area contributed by atoms with E-state index in [0.29, 0.717) is 13.2 Å². The van der Waals surface area contributed by atoms with Crippen molar-refractivity contribution in [1.29, 1.82) is 0 Å². The van der Waals surface area contributed by atoms with Gasteiger partial charge in [0.25, 0.3) is 0 Å². The molecule has 31 heavy (non-hydrogen) atoms. The van der Waals surface area contributed by atoms with Crippen LogP contribution < -0.4 is 20.1 Å². The first-order valence-electron chi connectivity index (χ1n) is 10.6. The molecule has 5 nitrogen and oxygen atoms in total. The highest BCUT2D eigenvalue weighted by molar-refractivity contribution is 5.96. The van der Waals surface area contributed by atoms with Gasteiger partial charge in [-0.2, -0.15) is 0 Å². The molecule has 0 radical (unpaired) electrons. The van der Waals surface area contributed by atoms with E-state index >= 15 is 0 Å². The molecule has 0 bridgehead atoms. The van der Waals surface area contributed by atoms with Gasteiger partial charge < -0.3 is 14.8 Å². The number of hydrogen-bond donors (Lipinski definition) is 2. The Labute approximate surface area is 183 Å². The topological polar surface area (TPSA) is 59.6 Å². The maximum atomic E-state index is 13.4. The zero-order chi connectivity index (χ0) is 21.8. The van der Waals surface area contributed by atoms with Gasteiger partial charge >= 0.3 is 0 Å². The molecule has 0 aromatic heterocycles. The van der Waals surface area contributed by atoms with Crippen LogP contribution in [0, 0.1) is 13.8 Å². The van der Waals surface area contributed by atoms with Gasteiger partial charge in [0.1, 0.15) is 19.3 Å². The van der Waals surface area contributed by atoms with Crippen LogP contribution in [0.25, 0.3) is 0 Å². The fourth-order valence-electron chi connectivity index (χ4n) is 3.72. The maximum Gasteiger partial charge on any atom is 0.246 e. The van der Waals surface area contributed by atoms with Crippen molar-refractivity contribution >= 4 is 11.6 Å². The van der Waals surface area contributed by atoms with Gasteiger partial charge in [-0.15, -0.1) is 0 Å². The van der Waals surface area contributed by atoms with Gasteiger partial charge in [-0.05, 0) is 61.2 Å². The number of nitrogens with one attached hydrogen (secondary N) is 2. The summed E-state index contributed by atoms with van der Waals surface area (Å²) in [6.45, 7) is 7.17. The van der Waals surface area contributed by atoms with Gasteiger partial charge in [0, 0.05) is 11.7 Å². The number of aryl methyl sites for hydroxylation is 2. The lowest BCUT2D eigenvalue weighted by atomic mass is 10.0. The second-order valence-corrected chi connectivity index (χ2v) is 7.94. The number of ether oxygens (including phenoxy) is 2. The Morgan fingerprint density at radius 1 is 0.871 bits per heavy atom. The molecule has 0 spiro atoms. The summed E-state index contributed by atoms with van der Waals surface area (Å²) >= 11 is 0. The summed E-state index contributed by atoms with van der Waals surface area (Å²) in [7, 11) is 0. The molecule has 0 fully saturated rings. The molecule has 3 aromatic carbocycles. The number of anilines is 1. The first-order valence-corrected chi connectivity index (χ1v) is 10.6. The van der Waals surface area contributed by atoms with E-state index in [9.17, 15) is 4.79 Å². The van der Waals surface area contributed by atoms with E-state index in [1.165, 1.54) is 0 Å². The first-order chi connectivity index (χ1) is 15.0. The molecule has 160 valence electrons. The number of benzene rings is 3. The van der Waals surface area contributed by atoms with E-state index in [2.05, 4.69) is 10.6 Å². The van der Waals surface area contributed by atoms with Crippen LogP contribution in [-0.2, 0) is 4.79 Å². The lowest BCUT2D eigenvalue weighted by Crippen LogP contribution is -2.35.